The standard InChI is InChI=1S/C18H21F3N4O4/c1-4-29-17(27)14-9(2)22-18(28)24-12(14)7-25(3)8-13(26)23-11-6-5-10(19)15(20)16(11)21/h5-6,9H,4,7-8H2,1-3H3,(H,23,26)(H2,22,24,28). The quantitative estimate of drug-likeness (QED) is 0.464. The van der Waals surface area contributed by atoms with Gasteiger partial charge in [-0.3, -0.25) is 9.69 Å². The summed E-state index contributed by atoms with van der Waals surface area (Å²) in [6, 6.07) is 0.487. The van der Waals surface area contributed by atoms with Crippen LogP contribution in [0.4, 0.5) is 23.7 Å². The first-order valence-corrected chi connectivity index (χ1v) is 8.73. The zero-order valence-electron chi connectivity index (χ0n) is 16.1. The molecule has 1 unspecified atom stereocenters. The predicted molar refractivity (Wildman–Crippen MR) is 97.2 cm³/mol. The third kappa shape index (κ3) is 5.47. The van der Waals surface area contributed by atoms with Crippen molar-refractivity contribution in [2.45, 2.75) is 19.9 Å². The SMILES string of the molecule is CCOC(=O)C1=C(CN(C)CC(=O)Nc2ccc(F)c(F)c2F)NC(=O)NC1C. The lowest BCUT2D eigenvalue weighted by molar-refractivity contribution is -0.139. The maximum Gasteiger partial charge on any atom is 0.337 e. The summed E-state index contributed by atoms with van der Waals surface area (Å²) in [7, 11) is 1.52. The number of benzene rings is 1. The Labute approximate surface area is 165 Å². The summed E-state index contributed by atoms with van der Waals surface area (Å²) < 4.78 is 44.9. The topological polar surface area (TPSA) is 99.8 Å². The lowest BCUT2D eigenvalue weighted by atomic mass is 10.0. The largest absolute Gasteiger partial charge is 0.463 e. The van der Waals surface area contributed by atoms with Gasteiger partial charge in [0.1, 0.15) is 0 Å². The van der Waals surface area contributed by atoms with Crippen LogP contribution < -0.4 is 16.0 Å². The molecule has 158 valence electrons. The van der Waals surface area contributed by atoms with Crippen LogP contribution in [-0.4, -0.2) is 55.6 Å². The molecule has 0 bridgehead atoms. The van der Waals surface area contributed by atoms with E-state index in [4.69, 9.17) is 4.74 Å². The van der Waals surface area contributed by atoms with Crippen LogP contribution in [0.15, 0.2) is 23.4 Å². The molecular weight excluding hydrogens is 393 g/mol. The summed E-state index contributed by atoms with van der Waals surface area (Å²) in [4.78, 5) is 37.5. The van der Waals surface area contributed by atoms with E-state index in [0.29, 0.717) is 6.07 Å². The van der Waals surface area contributed by atoms with Gasteiger partial charge in [-0.15, -0.1) is 0 Å². The number of anilines is 1. The van der Waals surface area contributed by atoms with Crippen LogP contribution in [0.1, 0.15) is 13.8 Å². The van der Waals surface area contributed by atoms with E-state index < -0.39 is 47.1 Å². The number of rotatable bonds is 7. The summed E-state index contributed by atoms with van der Waals surface area (Å²) in [5.41, 5.74) is -0.0307. The molecule has 0 radical (unpaired) electrons. The second-order valence-electron chi connectivity index (χ2n) is 6.38. The molecule has 0 saturated carbocycles. The molecule has 0 aromatic heterocycles. The highest BCUT2D eigenvalue weighted by Gasteiger charge is 2.30. The number of urea groups is 1. The van der Waals surface area contributed by atoms with Gasteiger partial charge >= 0.3 is 12.0 Å². The normalized spacial score (nSPS) is 16.4. The molecule has 0 saturated heterocycles. The summed E-state index contributed by atoms with van der Waals surface area (Å²) in [5.74, 6) is -5.88. The lowest BCUT2D eigenvalue weighted by Gasteiger charge is -2.28. The van der Waals surface area contributed by atoms with Crippen LogP contribution in [0.5, 0.6) is 0 Å². The van der Waals surface area contributed by atoms with Gasteiger partial charge in [0.05, 0.1) is 30.5 Å². The molecule has 3 N–H and O–H groups in total. The highest BCUT2D eigenvalue weighted by molar-refractivity contribution is 5.95. The van der Waals surface area contributed by atoms with Crippen LogP contribution in [0.2, 0.25) is 0 Å². The minimum absolute atomic E-state index is 0.000408. The number of carbonyl (C=O) groups excluding carboxylic acids is 3. The molecular formula is C18H21F3N4O4. The summed E-state index contributed by atoms with van der Waals surface area (Å²) in [6.45, 7) is 3.12. The molecule has 1 atom stereocenters. The second-order valence-corrected chi connectivity index (χ2v) is 6.38. The summed E-state index contributed by atoms with van der Waals surface area (Å²) in [6.07, 6.45) is 0. The summed E-state index contributed by atoms with van der Waals surface area (Å²) >= 11 is 0. The fourth-order valence-corrected chi connectivity index (χ4v) is 2.79. The molecule has 0 fully saturated rings. The molecule has 8 nitrogen and oxygen atoms in total. The number of hydrogen-bond donors (Lipinski definition) is 3. The first-order chi connectivity index (χ1) is 13.6. The fourth-order valence-electron chi connectivity index (χ4n) is 2.79. The van der Waals surface area contributed by atoms with Crippen molar-refractivity contribution in [3.8, 4) is 0 Å². The van der Waals surface area contributed by atoms with Gasteiger partial charge < -0.3 is 20.7 Å². The molecule has 11 heteroatoms. The molecule has 1 heterocycles. The first kappa shape index (κ1) is 22.2. The number of esters is 1. The van der Waals surface area contributed by atoms with Crippen molar-refractivity contribution >= 4 is 23.6 Å². The number of ether oxygens (including phenoxy) is 1. The van der Waals surface area contributed by atoms with E-state index in [-0.39, 0.29) is 31.0 Å². The van der Waals surface area contributed by atoms with Crippen molar-refractivity contribution in [2.24, 2.45) is 0 Å². The van der Waals surface area contributed by atoms with Crippen LogP contribution in [0.3, 0.4) is 0 Å². The van der Waals surface area contributed by atoms with E-state index in [0.717, 1.165) is 6.07 Å². The lowest BCUT2D eigenvalue weighted by Crippen LogP contribution is -2.51. The minimum atomic E-state index is -1.69. The van der Waals surface area contributed by atoms with Crippen LogP contribution >= 0.6 is 0 Å². The molecule has 29 heavy (non-hydrogen) atoms. The van der Waals surface area contributed by atoms with Gasteiger partial charge in [0.15, 0.2) is 17.5 Å². The Bertz CT molecular complexity index is 860. The van der Waals surface area contributed by atoms with Crippen molar-refractivity contribution in [3.63, 3.8) is 0 Å². The number of carbonyl (C=O) groups is 3. The van der Waals surface area contributed by atoms with Gasteiger partial charge in [0, 0.05) is 12.2 Å². The molecule has 1 aromatic carbocycles. The average Bonchev–Trinajstić information content (AvgIpc) is 2.61. The number of hydrogen-bond acceptors (Lipinski definition) is 5. The maximum atomic E-state index is 13.7. The smallest absolute Gasteiger partial charge is 0.337 e. The van der Waals surface area contributed by atoms with Crippen molar-refractivity contribution in [2.75, 3.05) is 32.1 Å². The van der Waals surface area contributed by atoms with Gasteiger partial charge in [-0.1, -0.05) is 0 Å². The number of nitrogens with one attached hydrogen (secondary N) is 3. The van der Waals surface area contributed by atoms with Crippen molar-refractivity contribution < 1.29 is 32.3 Å². The Morgan fingerprint density at radius 2 is 1.93 bits per heavy atom. The van der Waals surface area contributed by atoms with Gasteiger partial charge in [-0.05, 0) is 33.0 Å². The molecule has 3 amide bonds. The van der Waals surface area contributed by atoms with Crippen LogP contribution in [-0.2, 0) is 14.3 Å². The van der Waals surface area contributed by atoms with Gasteiger partial charge in [0.2, 0.25) is 5.91 Å². The van der Waals surface area contributed by atoms with Gasteiger partial charge in [0.25, 0.3) is 0 Å². The highest BCUT2D eigenvalue weighted by atomic mass is 19.2. The van der Waals surface area contributed by atoms with Crippen LogP contribution in [0, 0.1) is 17.5 Å². The Kier molecular flexibility index (Phi) is 7.21. The van der Waals surface area contributed by atoms with E-state index in [1.165, 1.54) is 11.9 Å². The van der Waals surface area contributed by atoms with E-state index >= 15 is 0 Å². The average molecular weight is 414 g/mol. The molecule has 2 rings (SSSR count). The van der Waals surface area contributed by atoms with E-state index in [1.807, 2.05) is 0 Å². The monoisotopic (exact) mass is 414 g/mol. The Morgan fingerprint density at radius 1 is 1.24 bits per heavy atom. The maximum absolute atomic E-state index is 13.7. The molecule has 0 aliphatic carbocycles. The highest BCUT2D eigenvalue weighted by Crippen LogP contribution is 2.20. The van der Waals surface area contributed by atoms with Gasteiger partial charge in [-0.2, -0.15) is 0 Å². The number of halogens is 3. The third-order valence-electron chi connectivity index (χ3n) is 4.02. The van der Waals surface area contributed by atoms with E-state index in [9.17, 15) is 27.6 Å². The Balaban J connectivity index is 2.09. The van der Waals surface area contributed by atoms with Crippen molar-refractivity contribution in [1.29, 1.82) is 0 Å². The van der Waals surface area contributed by atoms with Crippen molar-refractivity contribution in [3.05, 3.63) is 40.9 Å². The number of nitrogens with zero attached hydrogens (tertiary/aromatic N) is 1. The Hall–Kier alpha value is -3.08. The Morgan fingerprint density at radius 3 is 2.59 bits per heavy atom. The zero-order chi connectivity index (χ0) is 21.7. The molecule has 0 spiro atoms. The predicted octanol–water partition coefficient (Wildman–Crippen LogP) is 1.49. The second kappa shape index (κ2) is 9.41. The first-order valence-electron chi connectivity index (χ1n) is 8.73. The number of amides is 3. The third-order valence-corrected chi connectivity index (χ3v) is 4.02. The molecule has 1 aliphatic rings. The zero-order valence-corrected chi connectivity index (χ0v) is 16.1. The van der Waals surface area contributed by atoms with E-state index in [2.05, 4.69) is 16.0 Å². The summed E-state index contributed by atoms with van der Waals surface area (Å²) in [5, 5.41) is 7.21. The van der Waals surface area contributed by atoms with Gasteiger partial charge in [-0.25, -0.2) is 22.8 Å². The molecule has 1 aliphatic heterocycles. The fraction of sp³-hybridized carbons (Fsp3) is 0.389. The number of likely N-dealkylation sites (N-methyl/N-ethyl adjacent to an activating group) is 1. The van der Waals surface area contributed by atoms with Crippen LogP contribution in [0.25, 0.3) is 0 Å². The van der Waals surface area contributed by atoms with Crippen molar-refractivity contribution in [1.82, 2.24) is 15.5 Å². The molecule has 1 aromatic rings. The minimum Gasteiger partial charge on any atom is -0.463 e. The van der Waals surface area contributed by atoms with E-state index in [1.54, 1.807) is 13.8 Å².